The zero-order valence-electron chi connectivity index (χ0n) is 21.3. The molecule has 1 aliphatic rings. The smallest absolute Gasteiger partial charge is 0.300 e. The lowest BCUT2D eigenvalue weighted by atomic mass is 9.94. The summed E-state index contributed by atoms with van der Waals surface area (Å²) in [7, 11) is 4.43. The number of nitrogens with zero attached hydrogens (tertiary/aromatic N) is 2. The van der Waals surface area contributed by atoms with Crippen LogP contribution in [0.1, 0.15) is 29.7 Å². The molecule has 1 heterocycles. The zero-order valence-corrected chi connectivity index (χ0v) is 21.3. The van der Waals surface area contributed by atoms with Crippen LogP contribution >= 0.6 is 0 Å². The van der Waals surface area contributed by atoms with E-state index in [0.29, 0.717) is 40.7 Å². The number of methoxy groups -OCH3 is 3. The third-order valence-electron chi connectivity index (χ3n) is 6.19. The lowest BCUT2D eigenvalue weighted by Crippen LogP contribution is -2.29. The predicted molar refractivity (Wildman–Crippen MR) is 140 cm³/mol. The molecule has 1 amide bonds. The summed E-state index contributed by atoms with van der Waals surface area (Å²) in [5, 5.41) is 20.7. The summed E-state index contributed by atoms with van der Waals surface area (Å²) >= 11 is 0. The largest absolute Gasteiger partial charge is 0.507 e. The minimum atomic E-state index is -1.01. The van der Waals surface area contributed by atoms with Crippen LogP contribution in [0.2, 0.25) is 0 Å². The summed E-state index contributed by atoms with van der Waals surface area (Å²) in [5.74, 6) is -0.467. The molecule has 1 aliphatic heterocycles. The molecule has 9 heteroatoms. The van der Waals surface area contributed by atoms with Crippen LogP contribution in [0.3, 0.4) is 0 Å². The number of Topliss-reactive ketones (excluding diaryl/α,β-unsaturated/α-hetero) is 1. The first-order chi connectivity index (χ1) is 18.4. The minimum absolute atomic E-state index is 0.129. The maximum atomic E-state index is 13.5. The lowest BCUT2D eigenvalue weighted by molar-refractivity contribution is -0.132. The first kappa shape index (κ1) is 26.1. The molecular weight excluding hydrogens is 488 g/mol. The molecule has 1 fully saturated rings. The van der Waals surface area contributed by atoms with E-state index in [1.54, 1.807) is 60.7 Å². The van der Waals surface area contributed by atoms with Crippen molar-refractivity contribution in [2.75, 3.05) is 32.8 Å². The molecule has 1 atom stereocenters. The van der Waals surface area contributed by atoms with E-state index >= 15 is 0 Å². The summed E-state index contributed by atoms with van der Waals surface area (Å²) in [4.78, 5) is 28.2. The number of ether oxygens (including phenoxy) is 4. The van der Waals surface area contributed by atoms with Gasteiger partial charge in [-0.1, -0.05) is 6.07 Å². The van der Waals surface area contributed by atoms with Gasteiger partial charge < -0.3 is 24.1 Å². The van der Waals surface area contributed by atoms with Crippen LogP contribution in [-0.4, -0.2) is 44.7 Å². The monoisotopic (exact) mass is 514 g/mol. The quantitative estimate of drug-likeness (QED) is 0.263. The van der Waals surface area contributed by atoms with Crippen molar-refractivity contribution in [3.63, 3.8) is 0 Å². The molecule has 4 rings (SSSR count). The molecule has 9 nitrogen and oxygen atoms in total. The molecule has 194 valence electrons. The number of nitriles is 1. The fourth-order valence-corrected chi connectivity index (χ4v) is 4.38. The fraction of sp³-hybridized carbons (Fsp3) is 0.207. The van der Waals surface area contributed by atoms with Gasteiger partial charge in [0.15, 0.2) is 11.5 Å². The Kier molecular flexibility index (Phi) is 7.53. The SMILES string of the molecule is CCOc1cc(C2/C(=C(\O)c3ccc(OC)cc3OC)C(=O)C(=O)N2c2ccc(C#N)cc2)ccc1OC. The highest BCUT2D eigenvalue weighted by Gasteiger charge is 2.47. The molecule has 1 N–H and O–H groups in total. The number of hydrogen-bond donors (Lipinski definition) is 1. The molecule has 3 aromatic rings. The standard InChI is InChI=1S/C29H26N2O7/c1-5-38-24-14-18(8-13-22(24)36-3)26-25(27(32)21-12-11-20(35-2)15-23(21)37-4)28(33)29(34)31(26)19-9-6-17(16-30)7-10-19/h6-15,26,32H,5H2,1-4H3/b27-25+. The highest BCUT2D eigenvalue weighted by atomic mass is 16.5. The zero-order chi connectivity index (χ0) is 27.4. The van der Waals surface area contributed by atoms with E-state index in [0.717, 1.165) is 0 Å². The van der Waals surface area contributed by atoms with E-state index in [-0.39, 0.29) is 16.9 Å². The Labute approximate surface area is 220 Å². The maximum Gasteiger partial charge on any atom is 0.300 e. The van der Waals surface area contributed by atoms with E-state index in [1.807, 2.05) is 13.0 Å². The third kappa shape index (κ3) is 4.60. The van der Waals surface area contributed by atoms with Crippen LogP contribution in [0.25, 0.3) is 5.76 Å². The highest BCUT2D eigenvalue weighted by molar-refractivity contribution is 6.51. The van der Waals surface area contributed by atoms with Crippen molar-refractivity contribution >= 4 is 23.1 Å². The van der Waals surface area contributed by atoms with Gasteiger partial charge in [-0.25, -0.2) is 0 Å². The Morgan fingerprint density at radius 1 is 0.921 bits per heavy atom. The number of aliphatic hydroxyl groups is 1. The van der Waals surface area contributed by atoms with Crippen LogP contribution in [0.4, 0.5) is 5.69 Å². The van der Waals surface area contributed by atoms with Gasteiger partial charge in [-0.05, 0) is 61.0 Å². The van der Waals surface area contributed by atoms with E-state index in [4.69, 9.17) is 18.9 Å². The van der Waals surface area contributed by atoms with Crippen LogP contribution in [-0.2, 0) is 9.59 Å². The van der Waals surface area contributed by atoms with Gasteiger partial charge in [0.2, 0.25) is 0 Å². The van der Waals surface area contributed by atoms with Crippen LogP contribution in [0.5, 0.6) is 23.0 Å². The van der Waals surface area contributed by atoms with Crippen molar-refractivity contribution in [3.8, 4) is 29.1 Å². The topological polar surface area (TPSA) is 118 Å². The minimum Gasteiger partial charge on any atom is -0.507 e. The van der Waals surface area contributed by atoms with Crippen molar-refractivity contribution in [1.82, 2.24) is 0 Å². The van der Waals surface area contributed by atoms with Crippen LogP contribution in [0, 0.1) is 11.3 Å². The number of rotatable bonds is 8. The average Bonchev–Trinajstić information content (AvgIpc) is 3.22. The number of amides is 1. The molecule has 0 radical (unpaired) electrons. The predicted octanol–water partition coefficient (Wildman–Crippen LogP) is 4.61. The van der Waals surface area contributed by atoms with Crippen LogP contribution < -0.4 is 23.8 Å². The van der Waals surface area contributed by atoms with Gasteiger partial charge in [0.25, 0.3) is 11.7 Å². The Morgan fingerprint density at radius 3 is 2.24 bits per heavy atom. The first-order valence-corrected chi connectivity index (χ1v) is 11.7. The average molecular weight is 515 g/mol. The van der Waals surface area contributed by atoms with Gasteiger partial charge >= 0.3 is 0 Å². The summed E-state index contributed by atoms with van der Waals surface area (Å²) in [6.07, 6.45) is 0. The molecule has 3 aromatic carbocycles. The molecule has 0 aliphatic carbocycles. The number of ketones is 1. The van der Waals surface area contributed by atoms with Crippen molar-refractivity contribution in [1.29, 1.82) is 5.26 Å². The first-order valence-electron chi connectivity index (χ1n) is 11.7. The summed E-state index contributed by atoms with van der Waals surface area (Å²) in [5.41, 5.74) is 1.37. The Balaban J connectivity index is 1.98. The molecular formula is C29H26N2O7. The molecule has 0 bridgehead atoms. The van der Waals surface area contributed by atoms with Crippen molar-refractivity contribution < 1.29 is 33.6 Å². The number of aliphatic hydroxyl groups excluding tert-OH is 1. The van der Waals surface area contributed by atoms with E-state index < -0.39 is 23.5 Å². The third-order valence-corrected chi connectivity index (χ3v) is 6.19. The molecule has 0 aromatic heterocycles. The Morgan fingerprint density at radius 2 is 1.63 bits per heavy atom. The van der Waals surface area contributed by atoms with Gasteiger partial charge in [-0.3, -0.25) is 14.5 Å². The van der Waals surface area contributed by atoms with Gasteiger partial charge in [0, 0.05) is 11.8 Å². The summed E-state index contributed by atoms with van der Waals surface area (Å²) in [6.45, 7) is 2.18. The summed E-state index contributed by atoms with van der Waals surface area (Å²) in [6, 6.07) is 17.1. The van der Waals surface area contributed by atoms with Gasteiger partial charge in [0.1, 0.15) is 17.3 Å². The Bertz CT molecular complexity index is 1450. The van der Waals surface area contributed by atoms with E-state index in [9.17, 15) is 20.0 Å². The number of anilines is 1. The second kappa shape index (κ2) is 11.0. The fourth-order valence-electron chi connectivity index (χ4n) is 4.38. The van der Waals surface area contributed by atoms with Gasteiger partial charge in [0.05, 0.1) is 56.7 Å². The van der Waals surface area contributed by atoms with E-state index in [2.05, 4.69) is 0 Å². The molecule has 1 unspecified atom stereocenters. The summed E-state index contributed by atoms with van der Waals surface area (Å²) < 4.78 is 21.8. The molecule has 0 saturated carbocycles. The normalized spacial score (nSPS) is 16.2. The number of carbonyl (C=O) groups excluding carboxylic acids is 2. The lowest BCUT2D eigenvalue weighted by Gasteiger charge is -2.26. The second-order valence-electron chi connectivity index (χ2n) is 8.24. The van der Waals surface area contributed by atoms with Gasteiger partial charge in [-0.2, -0.15) is 5.26 Å². The van der Waals surface area contributed by atoms with E-state index in [1.165, 1.54) is 26.2 Å². The number of carbonyl (C=O) groups is 2. The maximum absolute atomic E-state index is 13.5. The van der Waals surface area contributed by atoms with Crippen molar-refractivity contribution in [3.05, 3.63) is 82.9 Å². The highest BCUT2D eigenvalue weighted by Crippen LogP contribution is 2.45. The van der Waals surface area contributed by atoms with Crippen molar-refractivity contribution in [2.24, 2.45) is 0 Å². The van der Waals surface area contributed by atoms with Crippen LogP contribution in [0.15, 0.2) is 66.2 Å². The number of hydrogen-bond acceptors (Lipinski definition) is 8. The molecule has 0 spiro atoms. The molecule has 1 saturated heterocycles. The Hall–Kier alpha value is -4.97. The second-order valence-corrected chi connectivity index (χ2v) is 8.24. The molecule has 38 heavy (non-hydrogen) atoms. The van der Waals surface area contributed by atoms with Gasteiger partial charge in [-0.15, -0.1) is 0 Å². The number of benzene rings is 3. The van der Waals surface area contributed by atoms with Crippen molar-refractivity contribution in [2.45, 2.75) is 13.0 Å².